The SMILES string of the molecule is c1ccc2c(Nc3ccc(-c4cccc5c4sc4ccccc45)cc3)cccc2c1. The summed E-state index contributed by atoms with van der Waals surface area (Å²) in [6.07, 6.45) is 0. The van der Waals surface area contributed by atoms with E-state index < -0.39 is 0 Å². The van der Waals surface area contributed by atoms with Crippen LogP contribution >= 0.6 is 11.3 Å². The van der Waals surface area contributed by atoms with Crippen molar-refractivity contribution in [1.29, 1.82) is 0 Å². The Kier molecular flexibility index (Phi) is 4.03. The molecule has 2 heteroatoms. The van der Waals surface area contributed by atoms with Crippen molar-refractivity contribution in [3.8, 4) is 11.1 Å². The summed E-state index contributed by atoms with van der Waals surface area (Å²) < 4.78 is 2.70. The fourth-order valence-electron chi connectivity index (χ4n) is 4.20. The number of anilines is 2. The zero-order valence-electron chi connectivity index (χ0n) is 16.3. The molecule has 1 N–H and O–H groups in total. The van der Waals surface area contributed by atoms with E-state index in [0.717, 1.165) is 11.4 Å². The summed E-state index contributed by atoms with van der Waals surface area (Å²) >= 11 is 1.88. The monoisotopic (exact) mass is 401 g/mol. The van der Waals surface area contributed by atoms with Crippen molar-refractivity contribution >= 4 is 53.7 Å². The van der Waals surface area contributed by atoms with Crippen LogP contribution in [0.1, 0.15) is 0 Å². The third kappa shape index (κ3) is 2.85. The molecule has 0 spiro atoms. The van der Waals surface area contributed by atoms with E-state index >= 15 is 0 Å². The van der Waals surface area contributed by atoms with E-state index in [2.05, 4.69) is 115 Å². The van der Waals surface area contributed by atoms with Crippen LogP contribution < -0.4 is 5.32 Å². The van der Waals surface area contributed by atoms with Crippen LogP contribution in [0.15, 0.2) is 109 Å². The molecule has 0 saturated carbocycles. The van der Waals surface area contributed by atoms with Gasteiger partial charge in [0.1, 0.15) is 0 Å². The van der Waals surface area contributed by atoms with Crippen molar-refractivity contribution in [1.82, 2.24) is 0 Å². The zero-order valence-corrected chi connectivity index (χ0v) is 17.1. The van der Waals surface area contributed by atoms with Gasteiger partial charge in [-0.1, -0.05) is 84.9 Å². The third-order valence-corrected chi connectivity index (χ3v) is 6.89. The summed E-state index contributed by atoms with van der Waals surface area (Å²) in [6.45, 7) is 0. The number of nitrogens with one attached hydrogen (secondary N) is 1. The van der Waals surface area contributed by atoms with Crippen molar-refractivity contribution in [2.75, 3.05) is 5.32 Å². The lowest BCUT2D eigenvalue weighted by molar-refractivity contribution is 1.57. The molecule has 142 valence electrons. The van der Waals surface area contributed by atoms with Crippen LogP contribution in [0.2, 0.25) is 0 Å². The van der Waals surface area contributed by atoms with Crippen LogP contribution in [0, 0.1) is 0 Å². The van der Waals surface area contributed by atoms with E-state index in [1.807, 2.05) is 11.3 Å². The fourth-order valence-corrected chi connectivity index (χ4v) is 5.44. The van der Waals surface area contributed by atoms with Gasteiger partial charge in [-0.15, -0.1) is 11.3 Å². The summed E-state index contributed by atoms with van der Waals surface area (Å²) in [5.41, 5.74) is 4.77. The second kappa shape index (κ2) is 7.01. The number of rotatable bonds is 3. The predicted octanol–water partition coefficient (Wildman–Crippen LogP) is 8.62. The van der Waals surface area contributed by atoms with Gasteiger partial charge < -0.3 is 5.32 Å². The molecular weight excluding hydrogens is 382 g/mol. The van der Waals surface area contributed by atoms with Gasteiger partial charge in [-0.2, -0.15) is 0 Å². The Balaban J connectivity index is 1.39. The molecule has 6 aromatic rings. The first-order valence-corrected chi connectivity index (χ1v) is 10.9. The molecule has 1 nitrogen and oxygen atoms in total. The molecule has 0 saturated heterocycles. The Morgan fingerprint density at radius 2 is 1.23 bits per heavy atom. The van der Waals surface area contributed by atoms with E-state index in [-0.39, 0.29) is 0 Å². The number of benzene rings is 5. The summed E-state index contributed by atoms with van der Waals surface area (Å²) in [4.78, 5) is 0. The normalized spacial score (nSPS) is 11.3. The molecule has 0 radical (unpaired) electrons. The lowest BCUT2D eigenvalue weighted by Crippen LogP contribution is -1.91. The first-order chi connectivity index (χ1) is 14.9. The Hall–Kier alpha value is -3.62. The van der Waals surface area contributed by atoms with Gasteiger partial charge in [-0.05, 0) is 40.8 Å². The smallest absolute Gasteiger partial charge is 0.0463 e. The first kappa shape index (κ1) is 17.3. The summed E-state index contributed by atoms with van der Waals surface area (Å²) in [7, 11) is 0. The van der Waals surface area contributed by atoms with Gasteiger partial charge in [-0.25, -0.2) is 0 Å². The maximum atomic E-state index is 3.59. The minimum Gasteiger partial charge on any atom is -0.355 e. The molecule has 6 rings (SSSR count). The van der Waals surface area contributed by atoms with Gasteiger partial charge in [-0.3, -0.25) is 0 Å². The highest BCUT2D eigenvalue weighted by atomic mass is 32.1. The van der Waals surface area contributed by atoms with E-state index in [1.165, 1.54) is 42.1 Å². The molecule has 0 atom stereocenters. The summed E-state index contributed by atoms with van der Waals surface area (Å²) in [6, 6.07) is 38.9. The zero-order chi connectivity index (χ0) is 19.9. The Morgan fingerprint density at radius 1 is 0.533 bits per heavy atom. The molecule has 0 aliphatic heterocycles. The summed E-state index contributed by atoms with van der Waals surface area (Å²) in [5.74, 6) is 0. The maximum absolute atomic E-state index is 3.59. The highest BCUT2D eigenvalue weighted by Gasteiger charge is 2.10. The van der Waals surface area contributed by atoms with Crippen LogP contribution in [-0.2, 0) is 0 Å². The van der Waals surface area contributed by atoms with Crippen LogP contribution in [0.3, 0.4) is 0 Å². The minimum absolute atomic E-state index is 1.10. The quantitative estimate of drug-likeness (QED) is 0.313. The van der Waals surface area contributed by atoms with E-state index in [9.17, 15) is 0 Å². The molecular formula is C28H19NS. The standard InChI is InChI=1S/C28H19NS/c1-2-9-22-19(7-1)8-5-13-26(22)29-21-17-15-20(16-18-21)23-11-6-12-25-24-10-3-4-14-27(24)30-28(23)25/h1-18,29H. The lowest BCUT2D eigenvalue weighted by Gasteiger charge is -2.11. The lowest BCUT2D eigenvalue weighted by atomic mass is 10.0. The van der Waals surface area contributed by atoms with E-state index in [0.29, 0.717) is 0 Å². The average molecular weight is 402 g/mol. The van der Waals surface area contributed by atoms with Crippen LogP contribution in [0.4, 0.5) is 11.4 Å². The topological polar surface area (TPSA) is 12.0 Å². The number of hydrogen-bond acceptors (Lipinski definition) is 2. The minimum atomic E-state index is 1.10. The Morgan fingerprint density at radius 3 is 2.13 bits per heavy atom. The predicted molar refractivity (Wildman–Crippen MR) is 132 cm³/mol. The molecule has 5 aromatic carbocycles. The fraction of sp³-hybridized carbons (Fsp3) is 0. The summed E-state index contributed by atoms with van der Waals surface area (Å²) in [5, 5.41) is 8.75. The number of thiophene rings is 1. The van der Waals surface area contributed by atoms with Crippen molar-refractivity contribution < 1.29 is 0 Å². The molecule has 0 aliphatic carbocycles. The van der Waals surface area contributed by atoms with Crippen molar-refractivity contribution in [3.63, 3.8) is 0 Å². The molecule has 1 aromatic heterocycles. The van der Waals surface area contributed by atoms with Crippen molar-refractivity contribution in [3.05, 3.63) is 109 Å². The van der Waals surface area contributed by atoms with Gasteiger partial charge in [0, 0.05) is 36.9 Å². The highest BCUT2D eigenvalue weighted by Crippen LogP contribution is 2.40. The average Bonchev–Trinajstić information content (AvgIpc) is 3.19. The molecule has 0 bridgehead atoms. The number of fused-ring (bicyclic) bond motifs is 4. The molecule has 30 heavy (non-hydrogen) atoms. The first-order valence-electron chi connectivity index (χ1n) is 10.1. The third-order valence-electron chi connectivity index (χ3n) is 5.67. The van der Waals surface area contributed by atoms with Gasteiger partial charge in [0.15, 0.2) is 0 Å². The van der Waals surface area contributed by atoms with Gasteiger partial charge in [0.25, 0.3) is 0 Å². The molecule has 0 aliphatic rings. The second-order valence-corrected chi connectivity index (χ2v) is 8.56. The van der Waals surface area contributed by atoms with Gasteiger partial charge >= 0.3 is 0 Å². The molecule has 1 heterocycles. The number of hydrogen-bond donors (Lipinski definition) is 1. The van der Waals surface area contributed by atoms with Crippen LogP contribution in [0.25, 0.3) is 42.1 Å². The Labute approximate surface area is 179 Å². The van der Waals surface area contributed by atoms with Gasteiger partial charge in [0.05, 0.1) is 0 Å². The second-order valence-electron chi connectivity index (χ2n) is 7.51. The van der Waals surface area contributed by atoms with Crippen molar-refractivity contribution in [2.45, 2.75) is 0 Å². The van der Waals surface area contributed by atoms with Crippen LogP contribution in [0.5, 0.6) is 0 Å². The van der Waals surface area contributed by atoms with E-state index in [1.54, 1.807) is 0 Å². The molecule has 0 unspecified atom stereocenters. The van der Waals surface area contributed by atoms with E-state index in [4.69, 9.17) is 0 Å². The maximum Gasteiger partial charge on any atom is 0.0463 e. The molecule has 0 fully saturated rings. The van der Waals surface area contributed by atoms with Crippen LogP contribution in [-0.4, -0.2) is 0 Å². The molecule has 0 amide bonds. The highest BCUT2D eigenvalue weighted by molar-refractivity contribution is 7.26. The Bertz CT molecular complexity index is 1500. The largest absolute Gasteiger partial charge is 0.355 e. The van der Waals surface area contributed by atoms with Crippen molar-refractivity contribution in [2.24, 2.45) is 0 Å². The van der Waals surface area contributed by atoms with Gasteiger partial charge in [0.2, 0.25) is 0 Å².